The van der Waals surface area contributed by atoms with Crippen LogP contribution >= 0.6 is 15.9 Å². The Morgan fingerprint density at radius 2 is 2.05 bits per heavy atom. The van der Waals surface area contributed by atoms with E-state index in [4.69, 9.17) is 0 Å². The van der Waals surface area contributed by atoms with Gasteiger partial charge in [-0.05, 0) is 41.4 Å². The van der Waals surface area contributed by atoms with E-state index in [0.29, 0.717) is 6.04 Å². The maximum absolute atomic E-state index is 4.68. The molecule has 0 radical (unpaired) electrons. The van der Waals surface area contributed by atoms with E-state index in [9.17, 15) is 0 Å². The zero-order valence-corrected chi connectivity index (χ0v) is 13.0. The number of nitrogens with zero attached hydrogens (tertiary/aromatic N) is 3. The third-order valence-corrected chi connectivity index (χ3v) is 5.00. The molecular weight excluding hydrogens is 304 g/mol. The molecule has 0 bridgehead atoms. The van der Waals surface area contributed by atoms with Gasteiger partial charge in [-0.3, -0.25) is 4.90 Å². The van der Waals surface area contributed by atoms with Crippen LogP contribution in [0.4, 0.5) is 5.82 Å². The molecule has 2 aliphatic rings. The number of piperazine rings is 1. The normalized spacial score (nSPS) is 24.9. The Labute approximate surface area is 123 Å². The van der Waals surface area contributed by atoms with Gasteiger partial charge in [0, 0.05) is 49.8 Å². The number of aryl methyl sites for hydroxylation is 1. The molecule has 0 saturated carbocycles. The van der Waals surface area contributed by atoms with Crippen LogP contribution in [0.2, 0.25) is 0 Å². The molecule has 0 amide bonds. The second kappa shape index (κ2) is 5.77. The lowest BCUT2D eigenvalue weighted by atomic mass is 10.2. The first-order valence-corrected chi connectivity index (χ1v) is 7.86. The first kappa shape index (κ1) is 13.3. The minimum atomic E-state index is 0.702. The summed E-state index contributed by atoms with van der Waals surface area (Å²) in [6.45, 7) is 8.93. The number of pyridine rings is 1. The smallest absolute Gasteiger partial charge is 0.128 e. The zero-order valence-electron chi connectivity index (χ0n) is 11.4. The van der Waals surface area contributed by atoms with Crippen molar-refractivity contribution in [3.63, 3.8) is 0 Å². The first-order chi connectivity index (χ1) is 9.24. The molecule has 1 N–H and O–H groups in total. The topological polar surface area (TPSA) is 31.4 Å². The van der Waals surface area contributed by atoms with Gasteiger partial charge in [-0.25, -0.2) is 4.98 Å². The van der Waals surface area contributed by atoms with Crippen LogP contribution in [0.3, 0.4) is 0 Å². The van der Waals surface area contributed by atoms with Crippen molar-refractivity contribution in [2.24, 2.45) is 0 Å². The van der Waals surface area contributed by atoms with Crippen LogP contribution in [-0.4, -0.2) is 55.2 Å². The quantitative estimate of drug-likeness (QED) is 0.896. The van der Waals surface area contributed by atoms with Crippen molar-refractivity contribution in [2.45, 2.75) is 19.4 Å². The summed E-state index contributed by atoms with van der Waals surface area (Å²) in [7, 11) is 0. The van der Waals surface area contributed by atoms with E-state index in [0.717, 1.165) is 42.2 Å². The fourth-order valence-corrected chi connectivity index (χ4v) is 3.22. The van der Waals surface area contributed by atoms with Crippen LogP contribution in [0.1, 0.15) is 12.1 Å². The van der Waals surface area contributed by atoms with Gasteiger partial charge in [0.2, 0.25) is 0 Å². The number of hydrogen-bond acceptors (Lipinski definition) is 4. The van der Waals surface area contributed by atoms with Crippen molar-refractivity contribution < 1.29 is 0 Å². The average molecular weight is 325 g/mol. The van der Waals surface area contributed by atoms with Gasteiger partial charge in [-0.1, -0.05) is 0 Å². The van der Waals surface area contributed by atoms with Gasteiger partial charge in [0.05, 0.1) is 5.69 Å². The molecule has 19 heavy (non-hydrogen) atoms. The Bertz CT molecular complexity index is 445. The predicted octanol–water partition coefficient (Wildman–Crippen LogP) is 1.64. The van der Waals surface area contributed by atoms with Crippen molar-refractivity contribution in [2.75, 3.05) is 44.2 Å². The van der Waals surface area contributed by atoms with Crippen molar-refractivity contribution in [3.05, 3.63) is 22.3 Å². The number of nitrogens with one attached hydrogen (secondary N) is 1. The van der Waals surface area contributed by atoms with E-state index < -0.39 is 0 Å². The van der Waals surface area contributed by atoms with Gasteiger partial charge in [0.25, 0.3) is 0 Å². The molecule has 0 spiro atoms. The summed E-state index contributed by atoms with van der Waals surface area (Å²) in [5.41, 5.74) is 1.07. The highest BCUT2D eigenvalue weighted by atomic mass is 79.9. The highest BCUT2D eigenvalue weighted by Gasteiger charge is 2.29. The molecule has 5 heteroatoms. The Morgan fingerprint density at radius 1 is 1.26 bits per heavy atom. The van der Waals surface area contributed by atoms with Crippen LogP contribution in [0.5, 0.6) is 0 Å². The van der Waals surface area contributed by atoms with E-state index in [1.165, 1.54) is 19.5 Å². The number of anilines is 1. The first-order valence-electron chi connectivity index (χ1n) is 7.07. The molecule has 2 saturated heterocycles. The van der Waals surface area contributed by atoms with Gasteiger partial charge in [-0.15, -0.1) is 0 Å². The number of aromatic nitrogens is 1. The number of rotatable bonds is 2. The SMILES string of the molecule is Cc1nc(N2CCC(N3CCNCC3)C2)ccc1Br. The summed E-state index contributed by atoms with van der Waals surface area (Å²) in [5, 5.41) is 3.42. The molecule has 3 heterocycles. The second-order valence-electron chi connectivity index (χ2n) is 5.41. The Hall–Kier alpha value is -0.650. The third-order valence-electron chi connectivity index (χ3n) is 4.16. The molecule has 2 fully saturated rings. The maximum atomic E-state index is 4.68. The van der Waals surface area contributed by atoms with E-state index in [2.05, 4.69) is 55.1 Å². The van der Waals surface area contributed by atoms with E-state index in [1.807, 2.05) is 0 Å². The largest absolute Gasteiger partial charge is 0.355 e. The molecule has 2 aliphatic heterocycles. The molecule has 1 aromatic heterocycles. The van der Waals surface area contributed by atoms with Crippen LogP contribution in [0.25, 0.3) is 0 Å². The van der Waals surface area contributed by atoms with Crippen molar-refractivity contribution in [1.29, 1.82) is 0 Å². The summed E-state index contributed by atoms with van der Waals surface area (Å²) in [6.07, 6.45) is 1.26. The van der Waals surface area contributed by atoms with Gasteiger partial charge >= 0.3 is 0 Å². The van der Waals surface area contributed by atoms with Crippen LogP contribution in [0, 0.1) is 6.92 Å². The fourth-order valence-electron chi connectivity index (χ4n) is 3.00. The number of hydrogen-bond donors (Lipinski definition) is 1. The van der Waals surface area contributed by atoms with E-state index in [1.54, 1.807) is 0 Å². The molecule has 1 unspecified atom stereocenters. The highest BCUT2D eigenvalue weighted by molar-refractivity contribution is 9.10. The van der Waals surface area contributed by atoms with Crippen molar-refractivity contribution in [1.82, 2.24) is 15.2 Å². The lowest BCUT2D eigenvalue weighted by Gasteiger charge is -2.32. The molecule has 0 aliphatic carbocycles. The standard InChI is InChI=1S/C14H21BrN4/c1-11-13(15)2-3-14(17-11)19-7-4-12(10-19)18-8-5-16-6-9-18/h2-3,12,16H,4-10H2,1H3. The monoisotopic (exact) mass is 324 g/mol. The Balaban J connectivity index is 1.66. The van der Waals surface area contributed by atoms with Crippen LogP contribution < -0.4 is 10.2 Å². The van der Waals surface area contributed by atoms with Gasteiger partial charge in [0.1, 0.15) is 5.82 Å². The Kier molecular flexibility index (Phi) is 4.05. The highest BCUT2D eigenvalue weighted by Crippen LogP contribution is 2.24. The van der Waals surface area contributed by atoms with Crippen molar-refractivity contribution in [3.8, 4) is 0 Å². The molecule has 3 rings (SSSR count). The summed E-state index contributed by atoms with van der Waals surface area (Å²) >= 11 is 3.52. The van der Waals surface area contributed by atoms with E-state index >= 15 is 0 Å². The zero-order chi connectivity index (χ0) is 13.2. The second-order valence-corrected chi connectivity index (χ2v) is 6.27. The molecule has 1 atom stereocenters. The van der Waals surface area contributed by atoms with E-state index in [-0.39, 0.29) is 0 Å². The van der Waals surface area contributed by atoms with Gasteiger partial charge < -0.3 is 10.2 Å². The molecule has 1 aromatic rings. The third kappa shape index (κ3) is 2.93. The molecule has 4 nitrogen and oxygen atoms in total. The lowest BCUT2D eigenvalue weighted by molar-refractivity contribution is 0.185. The molecule has 104 valence electrons. The van der Waals surface area contributed by atoms with Crippen LogP contribution in [-0.2, 0) is 0 Å². The van der Waals surface area contributed by atoms with Gasteiger partial charge in [-0.2, -0.15) is 0 Å². The summed E-state index contributed by atoms with van der Waals surface area (Å²) < 4.78 is 1.09. The minimum absolute atomic E-state index is 0.702. The summed E-state index contributed by atoms with van der Waals surface area (Å²) in [4.78, 5) is 9.73. The van der Waals surface area contributed by atoms with Crippen molar-refractivity contribution >= 4 is 21.7 Å². The summed E-state index contributed by atoms with van der Waals surface area (Å²) in [5.74, 6) is 1.12. The Morgan fingerprint density at radius 3 is 2.79 bits per heavy atom. The lowest BCUT2D eigenvalue weighted by Crippen LogP contribution is -2.49. The molecule has 0 aromatic carbocycles. The number of halogens is 1. The predicted molar refractivity (Wildman–Crippen MR) is 81.7 cm³/mol. The molecular formula is C14H21BrN4. The average Bonchev–Trinajstić information content (AvgIpc) is 2.93. The van der Waals surface area contributed by atoms with Gasteiger partial charge in [0.15, 0.2) is 0 Å². The summed E-state index contributed by atoms with van der Waals surface area (Å²) in [6, 6.07) is 4.93. The minimum Gasteiger partial charge on any atom is -0.355 e. The maximum Gasteiger partial charge on any atom is 0.128 e. The van der Waals surface area contributed by atoms with Crippen LogP contribution in [0.15, 0.2) is 16.6 Å². The fraction of sp³-hybridized carbons (Fsp3) is 0.643.